The number of para-hydroxylation sites is 4. The van der Waals surface area contributed by atoms with Gasteiger partial charge >= 0.3 is 0 Å². The maximum absolute atomic E-state index is 10.3. The van der Waals surface area contributed by atoms with E-state index in [-0.39, 0.29) is 60.2 Å². The van der Waals surface area contributed by atoms with Crippen molar-refractivity contribution in [1.29, 1.82) is 0 Å². The molecule has 6 heteroatoms. The smallest absolute Gasteiger partial charge is 0.135 e. The number of benzene rings is 7. The van der Waals surface area contributed by atoms with Crippen LogP contribution in [0.1, 0.15) is 142 Å². The van der Waals surface area contributed by atoms with Crippen molar-refractivity contribution in [3.05, 3.63) is 198 Å². The largest absolute Gasteiger partial charge is 0.509 e. The Bertz CT molecular complexity index is 3860. The van der Waals surface area contributed by atoms with Crippen molar-refractivity contribution >= 4 is 44.6 Å². The molecule has 1 aliphatic carbocycles. The van der Waals surface area contributed by atoms with Gasteiger partial charge in [0, 0.05) is 72.5 Å². The SMILES string of the molecule is [2H]c1c([2H])c2c(c([2H])c1-c1cccc(-c3ccc(C(C)(C)C)cc3C(C)(C)C)c1N1[CH-]N(c3[c-]c(Oc4[c-]c5c(cc4)c4ccccc4n5-c4cc(C(C)(C)C(C)C)ccn4)ccc3)c3ccccc31)C(C)(C)CCC2(C)C.[Pt]. The van der Waals surface area contributed by atoms with Gasteiger partial charge in [-0.1, -0.05) is 187 Å². The fraction of sp³-hybridized carbons (Fsp3) is 0.314. The monoisotopic (exact) mass is 1180 g/mol. The normalized spacial score (nSPS) is 15.8. The van der Waals surface area contributed by atoms with Crippen LogP contribution < -0.4 is 14.5 Å². The van der Waals surface area contributed by atoms with E-state index in [0.717, 1.165) is 91.0 Å². The van der Waals surface area contributed by atoms with Gasteiger partial charge in [-0.25, -0.2) is 4.98 Å². The Kier molecular flexibility index (Phi) is 12.4. The van der Waals surface area contributed by atoms with Crippen LogP contribution >= 0.6 is 0 Å². The molecular formula is C70H73N4OPt-3. The molecule has 11 rings (SSSR count). The van der Waals surface area contributed by atoms with Gasteiger partial charge in [0.1, 0.15) is 5.82 Å². The zero-order valence-corrected chi connectivity index (χ0v) is 49.1. The van der Waals surface area contributed by atoms with Gasteiger partial charge < -0.3 is 19.1 Å². The summed E-state index contributed by atoms with van der Waals surface area (Å²) in [5, 5.41) is 2.18. The minimum atomic E-state index is -0.359. The zero-order chi connectivity index (χ0) is 55.6. The second kappa shape index (κ2) is 19.2. The van der Waals surface area contributed by atoms with Crippen LogP contribution in [0.25, 0.3) is 49.9 Å². The molecule has 7 aromatic carbocycles. The summed E-state index contributed by atoms with van der Waals surface area (Å²) in [6, 6.07) is 52.4. The summed E-state index contributed by atoms with van der Waals surface area (Å²) in [4.78, 5) is 9.32. The van der Waals surface area contributed by atoms with Gasteiger partial charge in [0.05, 0.1) is 4.11 Å². The maximum Gasteiger partial charge on any atom is 0.135 e. The van der Waals surface area contributed by atoms with E-state index in [1.54, 1.807) is 0 Å². The average molecular weight is 1180 g/mol. The molecule has 392 valence electrons. The topological polar surface area (TPSA) is 33.5 Å². The van der Waals surface area contributed by atoms with Crippen molar-refractivity contribution in [1.82, 2.24) is 9.55 Å². The first kappa shape index (κ1) is 49.2. The molecule has 0 atom stereocenters. The molecule has 2 aliphatic rings. The Labute approximate surface area is 471 Å². The number of anilines is 4. The molecular weight excluding hydrogens is 1110 g/mol. The number of hydrogen-bond acceptors (Lipinski definition) is 4. The second-order valence-electron chi connectivity index (χ2n) is 25.3. The zero-order valence-electron chi connectivity index (χ0n) is 49.8. The van der Waals surface area contributed by atoms with Crippen molar-refractivity contribution < 1.29 is 29.9 Å². The van der Waals surface area contributed by atoms with E-state index in [0.29, 0.717) is 29.0 Å². The summed E-state index contributed by atoms with van der Waals surface area (Å²) in [6.45, 7) is 33.6. The molecule has 0 spiro atoms. The van der Waals surface area contributed by atoms with Gasteiger partial charge in [-0.2, -0.15) is 12.1 Å². The summed E-state index contributed by atoms with van der Waals surface area (Å²) in [5.41, 5.74) is 13.0. The Morgan fingerprint density at radius 2 is 1.30 bits per heavy atom. The predicted octanol–water partition coefficient (Wildman–Crippen LogP) is 19.2. The van der Waals surface area contributed by atoms with Crippen molar-refractivity contribution in [3.63, 3.8) is 0 Å². The maximum atomic E-state index is 10.3. The number of aromatic nitrogens is 2. The van der Waals surface area contributed by atoms with E-state index >= 15 is 0 Å². The van der Waals surface area contributed by atoms with E-state index < -0.39 is 0 Å². The first-order valence-corrected chi connectivity index (χ1v) is 26.9. The predicted molar refractivity (Wildman–Crippen MR) is 316 cm³/mol. The summed E-state index contributed by atoms with van der Waals surface area (Å²) < 4.78 is 38.9. The Morgan fingerprint density at radius 3 is 2.03 bits per heavy atom. The first-order valence-electron chi connectivity index (χ1n) is 28.4. The fourth-order valence-electron chi connectivity index (χ4n) is 11.2. The Balaban J connectivity index is 0.00000704. The molecule has 0 radical (unpaired) electrons. The summed E-state index contributed by atoms with van der Waals surface area (Å²) >= 11 is 0. The molecule has 76 heavy (non-hydrogen) atoms. The molecule has 3 heterocycles. The van der Waals surface area contributed by atoms with Gasteiger partial charge in [0.25, 0.3) is 0 Å². The van der Waals surface area contributed by atoms with Crippen LogP contribution in [-0.2, 0) is 48.1 Å². The van der Waals surface area contributed by atoms with Crippen LogP contribution in [0.3, 0.4) is 0 Å². The number of rotatable bonds is 9. The fourth-order valence-corrected chi connectivity index (χ4v) is 11.2. The third kappa shape index (κ3) is 9.29. The summed E-state index contributed by atoms with van der Waals surface area (Å²) in [5.74, 6) is 2.35. The minimum Gasteiger partial charge on any atom is -0.509 e. The molecule has 1 aliphatic heterocycles. The van der Waals surface area contributed by atoms with Crippen LogP contribution in [-0.4, -0.2) is 9.55 Å². The van der Waals surface area contributed by atoms with E-state index in [9.17, 15) is 4.11 Å². The quantitative estimate of drug-likeness (QED) is 0.135. The van der Waals surface area contributed by atoms with E-state index in [2.05, 4.69) is 233 Å². The Morgan fingerprint density at radius 1 is 0.632 bits per heavy atom. The average Bonchev–Trinajstić information content (AvgIpc) is 4.00. The number of nitrogens with zero attached hydrogens (tertiary/aromatic N) is 4. The van der Waals surface area contributed by atoms with Crippen molar-refractivity contribution in [2.45, 2.75) is 137 Å². The third-order valence-electron chi connectivity index (χ3n) is 16.7. The van der Waals surface area contributed by atoms with Crippen LogP contribution in [0, 0.1) is 24.7 Å². The summed E-state index contributed by atoms with van der Waals surface area (Å²) in [7, 11) is 0. The van der Waals surface area contributed by atoms with E-state index in [1.807, 2.05) is 30.5 Å². The van der Waals surface area contributed by atoms with Crippen LogP contribution in [0.2, 0.25) is 0 Å². The molecule has 0 saturated heterocycles. The number of pyridine rings is 1. The third-order valence-corrected chi connectivity index (χ3v) is 16.7. The summed E-state index contributed by atoms with van der Waals surface area (Å²) in [6.07, 6.45) is 3.69. The van der Waals surface area contributed by atoms with E-state index in [1.165, 1.54) is 16.7 Å². The van der Waals surface area contributed by atoms with Gasteiger partial charge in [-0.3, -0.25) is 0 Å². The number of fused-ring (bicyclic) bond motifs is 5. The molecule has 0 unspecified atom stereocenters. The molecule has 5 nitrogen and oxygen atoms in total. The molecule has 9 aromatic rings. The van der Waals surface area contributed by atoms with Crippen LogP contribution in [0.4, 0.5) is 22.7 Å². The van der Waals surface area contributed by atoms with E-state index in [4.69, 9.17) is 9.72 Å². The number of ether oxygens (including phenoxy) is 1. The minimum absolute atomic E-state index is 0. The second-order valence-corrected chi connectivity index (χ2v) is 25.3. The molecule has 0 fully saturated rings. The number of hydrogen-bond donors (Lipinski definition) is 0. The molecule has 2 aromatic heterocycles. The van der Waals surface area contributed by atoms with Crippen molar-refractivity contribution in [2.24, 2.45) is 5.92 Å². The first-order chi connectivity index (χ1) is 36.8. The van der Waals surface area contributed by atoms with Crippen LogP contribution in [0.15, 0.2) is 152 Å². The van der Waals surface area contributed by atoms with Gasteiger partial charge in [-0.05, 0) is 120 Å². The molecule has 0 amide bonds. The standard InChI is InChI=1S/C70H73N4O.Pt/c1-45(2)70(13,14)48-35-38-71-64(41-48)74-60-26-16-15-23-54(60)55-33-31-51(43-63(55)74)75-50-22-19-21-49(42-50)72-44-73(62-28-18-17-27-61(62)72)65-52(46-29-34-57-59(39-46)69(11,12)37-36-68(57,9)10)24-20-25-56(65)53-32-30-47(66(3,4)5)40-58(53)67(6,7)8;/h15-35,38-41,44-45H,36-37H2,1-14H3;/q-3;/i29D,34D,39D;. The molecule has 0 saturated carbocycles. The Hall–Kier alpha value is -6.42. The molecule has 0 bridgehead atoms. The van der Waals surface area contributed by atoms with Gasteiger partial charge in [0.15, 0.2) is 0 Å². The van der Waals surface area contributed by atoms with Crippen molar-refractivity contribution in [3.8, 4) is 39.6 Å². The van der Waals surface area contributed by atoms with Crippen molar-refractivity contribution in [2.75, 3.05) is 9.80 Å². The van der Waals surface area contributed by atoms with Crippen LogP contribution in [0.5, 0.6) is 11.5 Å². The van der Waals surface area contributed by atoms with Gasteiger partial charge in [0.2, 0.25) is 0 Å². The van der Waals surface area contributed by atoms with Gasteiger partial charge in [-0.15, -0.1) is 48.1 Å². The molecule has 0 N–H and O–H groups in total.